The average Bonchev–Trinajstić information content (AvgIpc) is 2.79. The molecule has 0 saturated heterocycles. The van der Waals surface area contributed by atoms with E-state index in [0.717, 1.165) is 36.9 Å². The molecular weight excluding hydrogens is 395 g/mol. The molecule has 4 rings (SSSR count). The number of allylic oxidation sites excluding steroid dienone is 2. The van der Waals surface area contributed by atoms with Gasteiger partial charge in [0.05, 0.1) is 20.0 Å². The van der Waals surface area contributed by atoms with Gasteiger partial charge in [-0.05, 0) is 59.6 Å². The second-order valence-corrected chi connectivity index (χ2v) is 9.14. The van der Waals surface area contributed by atoms with Gasteiger partial charge in [-0.3, -0.25) is 9.69 Å². The minimum absolute atomic E-state index is 0.0417. The number of carbonyl (C=O) groups is 1. The number of ether oxygens (including phenoxy) is 2. The zero-order valence-electron chi connectivity index (χ0n) is 18.1. The molecule has 3 aliphatic rings. The van der Waals surface area contributed by atoms with Gasteiger partial charge in [0, 0.05) is 25.4 Å². The minimum Gasteiger partial charge on any atom is -0.493 e. The van der Waals surface area contributed by atoms with Crippen molar-refractivity contribution in [3.05, 3.63) is 64.9 Å². The summed E-state index contributed by atoms with van der Waals surface area (Å²) in [5, 5.41) is 1.06. The lowest BCUT2D eigenvalue weighted by Crippen LogP contribution is -2.38. The fourth-order valence-electron chi connectivity index (χ4n) is 4.17. The number of fused-ring (bicyclic) bond motifs is 1. The van der Waals surface area contributed by atoms with Crippen LogP contribution < -0.4 is 9.47 Å². The van der Waals surface area contributed by atoms with Gasteiger partial charge in [0.1, 0.15) is 0 Å². The Kier molecular flexibility index (Phi) is 6.12. The first-order valence-corrected chi connectivity index (χ1v) is 11.5. The molecule has 0 aliphatic carbocycles. The predicted molar refractivity (Wildman–Crippen MR) is 123 cm³/mol. The van der Waals surface area contributed by atoms with E-state index in [1.807, 2.05) is 23.1 Å². The zero-order chi connectivity index (χ0) is 21.3. The Morgan fingerprint density at radius 1 is 1.17 bits per heavy atom. The number of likely N-dealkylation sites (N-methyl/N-ethyl adjacent to an activating group) is 1. The van der Waals surface area contributed by atoms with E-state index < -0.39 is 0 Å². The average molecular weight is 424 g/mol. The summed E-state index contributed by atoms with van der Waals surface area (Å²) in [5.41, 5.74) is 4.78. The summed E-state index contributed by atoms with van der Waals surface area (Å²) in [4.78, 5) is 17.4. The molecule has 0 aromatic heterocycles. The number of hydrogen-bond donors (Lipinski definition) is 0. The van der Waals surface area contributed by atoms with Crippen LogP contribution in [0.5, 0.6) is 11.5 Å². The van der Waals surface area contributed by atoms with Crippen molar-refractivity contribution in [2.75, 3.05) is 33.9 Å². The molecule has 5 nitrogen and oxygen atoms in total. The lowest BCUT2D eigenvalue weighted by atomic mass is 9.96. The third kappa shape index (κ3) is 3.97. The molecule has 30 heavy (non-hydrogen) atoms. The van der Waals surface area contributed by atoms with Crippen molar-refractivity contribution in [3.8, 4) is 11.5 Å². The van der Waals surface area contributed by atoms with Gasteiger partial charge in [0.25, 0.3) is 5.91 Å². The highest BCUT2D eigenvalue weighted by Gasteiger charge is 2.32. The summed E-state index contributed by atoms with van der Waals surface area (Å²) < 4.78 is 10.8. The van der Waals surface area contributed by atoms with Gasteiger partial charge in [0.15, 0.2) is 11.5 Å². The van der Waals surface area contributed by atoms with E-state index in [4.69, 9.17) is 9.47 Å². The van der Waals surface area contributed by atoms with E-state index in [2.05, 4.69) is 37.1 Å². The maximum absolute atomic E-state index is 13.1. The first-order chi connectivity index (χ1) is 14.5. The van der Waals surface area contributed by atoms with Crippen LogP contribution in [0.3, 0.4) is 0 Å². The number of rotatable bonds is 5. The number of methoxy groups -OCH3 is 2. The summed E-state index contributed by atoms with van der Waals surface area (Å²) in [7, 11) is 3.74. The van der Waals surface area contributed by atoms with Gasteiger partial charge >= 0.3 is 0 Å². The van der Waals surface area contributed by atoms with Gasteiger partial charge in [0.2, 0.25) is 0 Å². The van der Waals surface area contributed by atoms with Gasteiger partial charge in [-0.25, -0.2) is 0 Å². The number of hydrogen-bond acceptors (Lipinski definition) is 4. The summed E-state index contributed by atoms with van der Waals surface area (Å²) in [6.45, 7) is 7.48. The summed E-state index contributed by atoms with van der Waals surface area (Å²) in [5.74, 6) is 1.50. The first-order valence-electron chi connectivity index (χ1n) is 10.4. The molecule has 0 bridgehead atoms. The zero-order valence-corrected chi connectivity index (χ0v) is 19.1. The normalized spacial score (nSPS) is 22.7. The summed E-state index contributed by atoms with van der Waals surface area (Å²) in [6.07, 6.45) is 9.45. The third-order valence-electron chi connectivity index (χ3n) is 5.99. The van der Waals surface area contributed by atoms with Crippen molar-refractivity contribution in [1.29, 1.82) is 0 Å². The molecule has 158 valence electrons. The van der Waals surface area contributed by atoms with E-state index in [0.29, 0.717) is 20.1 Å². The number of benzene rings is 1. The molecule has 0 fully saturated rings. The maximum atomic E-state index is 13.1. The van der Waals surface area contributed by atoms with Gasteiger partial charge < -0.3 is 14.4 Å². The maximum Gasteiger partial charge on any atom is 0.252 e. The van der Waals surface area contributed by atoms with Crippen LogP contribution in [0.1, 0.15) is 25.8 Å². The van der Waals surface area contributed by atoms with Crippen molar-refractivity contribution < 1.29 is 14.3 Å². The molecule has 1 aromatic rings. The Morgan fingerprint density at radius 2 is 1.97 bits per heavy atom. The van der Waals surface area contributed by atoms with Crippen LogP contribution in [0.2, 0.25) is 0 Å². The molecule has 0 radical (unpaired) electrons. The van der Waals surface area contributed by atoms with Crippen molar-refractivity contribution in [2.45, 2.75) is 26.1 Å². The van der Waals surface area contributed by atoms with Crippen molar-refractivity contribution in [1.82, 2.24) is 9.80 Å². The topological polar surface area (TPSA) is 42.0 Å². The molecule has 1 amide bonds. The predicted octanol–water partition coefficient (Wildman–Crippen LogP) is 4.39. The van der Waals surface area contributed by atoms with Crippen molar-refractivity contribution in [2.24, 2.45) is 0 Å². The molecule has 6 heteroatoms. The van der Waals surface area contributed by atoms with Crippen LogP contribution in [-0.4, -0.2) is 55.3 Å². The minimum atomic E-state index is 0.0417. The van der Waals surface area contributed by atoms with E-state index >= 15 is 0 Å². The Balaban J connectivity index is 1.61. The number of nitrogens with zero attached hydrogens (tertiary/aromatic N) is 2. The van der Waals surface area contributed by atoms with Crippen LogP contribution in [-0.2, 0) is 4.79 Å². The SMILES string of the molecule is CCN1CC=C(C2=CN3C(=O)C=C(c4ccc(OC)c(OC)c4)PC3C(C)=C2)CC1. The summed E-state index contributed by atoms with van der Waals surface area (Å²) in [6, 6.07) is 5.85. The molecule has 0 spiro atoms. The molecular formula is C24H29N2O3P. The highest BCUT2D eigenvalue weighted by atomic mass is 31.1. The number of amides is 1. The second kappa shape index (κ2) is 8.79. The van der Waals surface area contributed by atoms with Crippen molar-refractivity contribution in [3.63, 3.8) is 0 Å². The monoisotopic (exact) mass is 424 g/mol. The van der Waals surface area contributed by atoms with Gasteiger partial charge in [-0.2, -0.15) is 0 Å². The molecule has 2 atom stereocenters. The Morgan fingerprint density at radius 3 is 2.63 bits per heavy atom. The van der Waals surface area contributed by atoms with Crippen LogP contribution in [0, 0.1) is 0 Å². The second-order valence-electron chi connectivity index (χ2n) is 7.77. The van der Waals surface area contributed by atoms with E-state index in [9.17, 15) is 4.79 Å². The molecule has 1 aromatic carbocycles. The molecule has 0 N–H and O–H groups in total. The van der Waals surface area contributed by atoms with Gasteiger partial charge in [-0.1, -0.05) is 33.7 Å². The quantitative estimate of drug-likeness (QED) is 0.658. The third-order valence-corrected chi connectivity index (χ3v) is 7.74. The van der Waals surface area contributed by atoms with E-state index in [-0.39, 0.29) is 11.7 Å². The first kappa shape index (κ1) is 20.9. The lowest BCUT2D eigenvalue weighted by molar-refractivity contribution is -0.123. The molecule has 2 unspecified atom stereocenters. The standard InChI is InChI=1S/C24H29N2O3P/c1-5-25-10-8-17(9-11-25)19-12-16(2)24-26(15-19)23(27)14-22(30-24)18-6-7-20(28-3)21(13-18)29-4/h6-8,12-15,24,30H,5,9-11H2,1-4H3. The van der Waals surface area contributed by atoms with Gasteiger partial charge in [-0.15, -0.1) is 0 Å². The van der Waals surface area contributed by atoms with Crippen LogP contribution in [0.25, 0.3) is 5.31 Å². The fraction of sp³-hybridized carbons (Fsp3) is 0.375. The van der Waals surface area contributed by atoms with Crippen LogP contribution in [0.15, 0.2) is 59.3 Å². The highest BCUT2D eigenvalue weighted by molar-refractivity contribution is 7.51. The fourth-order valence-corrected chi connectivity index (χ4v) is 5.65. The van der Waals surface area contributed by atoms with E-state index in [1.54, 1.807) is 20.3 Å². The number of carbonyl (C=O) groups excluding carboxylic acids is 1. The molecule has 0 saturated carbocycles. The Bertz CT molecular complexity index is 977. The smallest absolute Gasteiger partial charge is 0.252 e. The van der Waals surface area contributed by atoms with Crippen molar-refractivity contribution >= 4 is 19.8 Å². The Hall–Kier alpha value is -2.36. The molecule has 3 aliphatic heterocycles. The van der Waals surface area contributed by atoms with Crippen LogP contribution >= 0.6 is 8.58 Å². The van der Waals surface area contributed by atoms with E-state index in [1.165, 1.54) is 16.7 Å². The largest absolute Gasteiger partial charge is 0.493 e. The van der Waals surface area contributed by atoms with Crippen LogP contribution in [0.4, 0.5) is 0 Å². The summed E-state index contributed by atoms with van der Waals surface area (Å²) >= 11 is 0. The lowest BCUT2D eigenvalue weighted by Gasteiger charge is -2.37. The highest BCUT2D eigenvalue weighted by Crippen LogP contribution is 2.48. The molecule has 3 heterocycles. The Labute approximate surface area is 180 Å².